The third-order valence-corrected chi connectivity index (χ3v) is 7.57. The lowest BCUT2D eigenvalue weighted by atomic mass is 10.1. The van der Waals surface area contributed by atoms with Crippen LogP contribution in [0.15, 0.2) is 35.2 Å². The van der Waals surface area contributed by atoms with Crippen molar-refractivity contribution in [1.82, 2.24) is 4.31 Å². The summed E-state index contributed by atoms with van der Waals surface area (Å²) in [7, 11) is -0.730. The van der Waals surface area contributed by atoms with Gasteiger partial charge in [-0.25, -0.2) is 8.42 Å². The Bertz CT molecular complexity index is 1060. The number of ether oxygens (including phenoxy) is 2. The molecule has 0 aromatic heterocycles. The van der Waals surface area contributed by atoms with Crippen molar-refractivity contribution in [2.75, 3.05) is 32.6 Å². The van der Waals surface area contributed by atoms with Crippen LogP contribution in [0.1, 0.15) is 41.6 Å². The van der Waals surface area contributed by atoms with Gasteiger partial charge in [-0.1, -0.05) is 30.5 Å². The van der Waals surface area contributed by atoms with Gasteiger partial charge in [-0.3, -0.25) is 4.79 Å². The normalized spacial score (nSPS) is 15.2. The molecule has 0 saturated carbocycles. The predicted molar refractivity (Wildman–Crippen MR) is 121 cm³/mol. The molecule has 3 rings (SSSR count). The van der Waals surface area contributed by atoms with Crippen LogP contribution in [0.3, 0.4) is 0 Å². The second-order valence-electron chi connectivity index (χ2n) is 7.44. The minimum absolute atomic E-state index is 0.116. The summed E-state index contributed by atoms with van der Waals surface area (Å²) in [4.78, 5) is 13.2. The number of nitrogens with zero attached hydrogens (tertiary/aromatic N) is 1. The van der Waals surface area contributed by atoms with Crippen molar-refractivity contribution >= 4 is 33.2 Å². The molecule has 1 aliphatic rings. The van der Waals surface area contributed by atoms with Gasteiger partial charge >= 0.3 is 0 Å². The van der Waals surface area contributed by atoms with Crippen LogP contribution in [0, 0.1) is 6.92 Å². The van der Waals surface area contributed by atoms with Crippen LogP contribution in [0.25, 0.3) is 0 Å². The second-order valence-corrected chi connectivity index (χ2v) is 9.78. The Morgan fingerprint density at radius 2 is 1.65 bits per heavy atom. The molecule has 1 heterocycles. The molecule has 2 aromatic carbocycles. The van der Waals surface area contributed by atoms with Crippen LogP contribution in [0.5, 0.6) is 11.5 Å². The predicted octanol–water partition coefficient (Wildman–Crippen LogP) is 4.48. The first kappa shape index (κ1) is 23.4. The molecule has 1 fully saturated rings. The highest BCUT2D eigenvalue weighted by molar-refractivity contribution is 7.89. The van der Waals surface area contributed by atoms with E-state index in [9.17, 15) is 13.2 Å². The molecule has 0 spiro atoms. The molecule has 1 amide bonds. The molecule has 0 radical (unpaired) electrons. The van der Waals surface area contributed by atoms with Crippen molar-refractivity contribution in [3.8, 4) is 11.5 Å². The van der Waals surface area contributed by atoms with Crippen LogP contribution in [0.4, 0.5) is 5.69 Å². The zero-order valence-corrected chi connectivity index (χ0v) is 19.5. The van der Waals surface area contributed by atoms with E-state index in [0.717, 1.165) is 25.7 Å². The molecule has 1 saturated heterocycles. The van der Waals surface area contributed by atoms with Gasteiger partial charge in [-0.2, -0.15) is 4.31 Å². The molecule has 2 aromatic rings. The van der Waals surface area contributed by atoms with Gasteiger partial charge in [0, 0.05) is 30.8 Å². The first-order valence-electron chi connectivity index (χ1n) is 10.1. The van der Waals surface area contributed by atoms with E-state index in [0.29, 0.717) is 40.9 Å². The van der Waals surface area contributed by atoms with Crippen LogP contribution >= 0.6 is 11.6 Å². The monoisotopic (exact) mass is 466 g/mol. The molecule has 9 heteroatoms. The lowest BCUT2D eigenvalue weighted by molar-refractivity contribution is 0.102. The zero-order valence-electron chi connectivity index (χ0n) is 17.9. The highest BCUT2D eigenvalue weighted by atomic mass is 35.5. The van der Waals surface area contributed by atoms with Crippen molar-refractivity contribution in [3.05, 3.63) is 46.5 Å². The summed E-state index contributed by atoms with van der Waals surface area (Å²) < 4.78 is 38.3. The van der Waals surface area contributed by atoms with Gasteiger partial charge in [-0.05, 0) is 37.5 Å². The van der Waals surface area contributed by atoms with E-state index in [1.807, 2.05) is 0 Å². The lowest BCUT2D eigenvalue weighted by Crippen LogP contribution is -2.32. The third-order valence-electron chi connectivity index (χ3n) is 5.38. The fraction of sp³-hybridized carbons (Fsp3) is 0.409. The Kier molecular flexibility index (Phi) is 7.46. The van der Waals surface area contributed by atoms with Gasteiger partial charge in [0.05, 0.1) is 29.8 Å². The number of hydrogen-bond acceptors (Lipinski definition) is 5. The number of anilines is 1. The quantitative estimate of drug-likeness (QED) is 0.678. The Balaban J connectivity index is 1.92. The Labute approximate surface area is 188 Å². The highest BCUT2D eigenvalue weighted by Gasteiger charge is 2.26. The van der Waals surface area contributed by atoms with Gasteiger partial charge in [0.1, 0.15) is 11.5 Å². The number of rotatable bonds is 6. The Morgan fingerprint density at radius 3 is 2.26 bits per heavy atom. The summed E-state index contributed by atoms with van der Waals surface area (Å²) in [5.41, 5.74) is 1.30. The first-order chi connectivity index (χ1) is 14.8. The topological polar surface area (TPSA) is 84.9 Å². The molecule has 0 bridgehead atoms. The second kappa shape index (κ2) is 9.89. The average molecular weight is 467 g/mol. The van der Waals surface area contributed by atoms with E-state index < -0.39 is 15.9 Å². The largest absolute Gasteiger partial charge is 0.495 e. The SMILES string of the molecule is COc1cc(NC(=O)c2cc(S(=O)(=O)N3CCCCCC3)ccc2C)c(OC)cc1Cl. The van der Waals surface area contributed by atoms with E-state index in [-0.39, 0.29) is 10.5 Å². The van der Waals surface area contributed by atoms with E-state index in [4.69, 9.17) is 21.1 Å². The summed E-state index contributed by atoms with van der Waals surface area (Å²) >= 11 is 6.13. The number of nitrogens with one attached hydrogen (secondary N) is 1. The molecule has 0 atom stereocenters. The van der Waals surface area contributed by atoms with Crippen molar-refractivity contribution in [2.45, 2.75) is 37.5 Å². The minimum atomic E-state index is -3.67. The van der Waals surface area contributed by atoms with Crippen LogP contribution in [0.2, 0.25) is 5.02 Å². The summed E-state index contributed by atoms with van der Waals surface area (Å²) in [6.45, 7) is 2.76. The van der Waals surface area contributed by atoms with Crippen molar-refractivity contribution in [1.29, 1.82) is 0 Å². The number of halogens is 1. The van der Waals surface area contributed by atoms with Gasteiger partial charge in [-0.15, -0.1) is 0 Å². The Hall–Kier alpha value is -2.29. The number of sulfonamides is 1. The molecule has 1 aliphatic heterocycles. The summed E-state index contributed by atoms with van der Waals surface area (Å²) in [6, 6.07) is 7.75. The number of amides is 1. The van der Waals surface area contributed by atoms with Crippen LogP contribution in [-0.2, 0) is 10.0 Å². The number of hydrogen-bond donors (Lipinski definition) is 1. The molecular formula is C22H27ClN2O5S. The van der Waals surface area contributed by atoms with Gasteiger partial charge < -0.3 is 14.8 Å². The van der Waals surface area contributed by atoms with E-state index in [1.165, 1.54) is 24.6 Å². The summed E-state index contributed by atoms with van der Waals surface area (Å²) in [5, 5.41) is 3.12. The maximum Gasteiger partial charge on any atom is 0.256 e. The number of carbonyl (C=O) groups is 1. The third kappa shape index (κ3) is 5.14. The average Bonchev–Trinajstić information content (AvgIpc) is 3.05. The fourth-order valence-corrected chi connectivity index (χ4v) is 5.36. The van der Waals surface area contributed by atoms with Gasteiger partial charge in [0.25, 0.3) is 5.91 Å². The highest BCUT2D eigenvalue weighted by Crippen LogP contribution is 2.36. The molecule has 168 valence electrons. The Morgan fingerprint density at radius 1 is 1.00 bits per heavy atom. The van der Waals surface area contributed by atoms with E-state index in [1.54, 1.807) is 31.2 Å². The molecule has 1 N–H and O–H groups in total. The molecule has 7 nitrogen and oxygen atoms in total. The molecule has 0 aliphatic carbocycles. The number of carbonyl (C=O) groups excluding carboxylic acids is 1. The molecular weight excluding hydrogens is 440 g/mol. The zero-order chi connectivity index (χ0) is 22.6. The first-order valence-corrected chi connectivity index (χ1v) is 11.9. The maximum atomic E-state index is 13.1. The summed E-state index contributed by atoms with van der Waals surface area (Å²) in [6.07, 6.45) is 3.74. The van der Waals surface area contributed by atoms with Crippen molar-refractivity contribution in [2.24, 2.45) is 0 Å². The minimum Gasteiger partial charge on any atom is -0.495 e. The summed E-state index contributed by atoms with van der Waals surface area (Å²) in [5.74, 6) is 0.296. The number of benzene rings is 2. The van der Waals surface area contributed by atoms with Crippen molar-refractivity contribution < 1.29 is 22.7 Å². The fourth-order valence-electron chi connectivity index (χ4n) is 3.59. The van der Waals surface area contributed by atoms with E-state index in [2.05, 4.69) is 5.32 Å². The number of methoxy groups -OCH3 is 2. The van der Waals surface area contributed by atoms with Crippen LogP contribution < -0.4 is 14.8 Å². The van der Waals surface area contributed by atoms with Gasteiger partial charge in [0.15, 0.2) is 0 Å². The maximum absolute atomic E-state index is 13.1. The van der Waals surface area contributed by atoms with Gasteiger partial charge in [0.2, 0.25) is 10.0 Å². The molecule has 31 heavy (non-hydrogen) atoms. The van der Waals surface area contributed by atoms with Crippen molar-refractivity contribution in [3.63, 3.8) is 0 Å². The lowest BCUT2D eigenvalue weighted by Gasteiger charge is -2.20. The standard InChI is InChI=1S/C22H27ClN2O5S/c1-15-8-9-16(31(27,28)25-10-6-4-5-7-11-25)12-17(15)22(26)24-19-14-20(29-2)18(23)13-21(19)30-3/h8-9,12-14H,4-7,10-11H2,1-3H3,(H,24,26). The van der Waals surface area contributed by atoms with E-state index >= 15 is 0 Å². The molecule has 0 unspecified atom stereocenters. The smallest absolute Gasteiger partial charge is 0.256 e. The van der Waals surface area contributed by atoms with Crippen LogP contribution in [-0.4, -0.2) is 45.9 Å². The number of aryl methyl sites for hydroxylation is 1.